The first-order valence-electron chi connectivity index (χ1n) is 11.8. The van der Waals surface area contributed by atoms with Crippen LogP contribution in [0.4, 0.5) is 14.4 Å². The summed E-state index contributed by atoms with van der Waals surface area (Å²) in [7, 11) is 0. The zero-order chi connectivity index (χ0) is 25.4. The maximum absolute atomic E-state index is 12.6. The lowest BCUT2D eigenvalue weighted by atomic mass is 9.84. The van der Waals surface area contributed by atoms with E-state index in [0.29, 0.717) is 0 Å². The van der Waals surface area contributed by atoms with Gasteiger partial charge in [-0.15, -0.1) is 0 Å². The van der Waals surface area contributed by atoms with Crippen LogP contribution in [-0.4, -0.2) is 79.2 Å². The van der Waals surface area contributed by atoms with Gasteiger partial charge in [-0.1, -0.05) is 44.2 Å². The third-order valence-electron chi connectivity index (χ3n) is 6.97. The van der Waals surface area contributed by atoms with Crippen molar-refractivity contribution in [3.63, 3.8) is 0 Å². The molecule has 0 saturated carbocycles. The Kier molecular flexibility index (Phi) is 6.88. The van der Waals surface area contributed by atoms with Crippen molar-refractivity contribution in [2.45, 2.75) is 69.7 Å². The van der Waals surface area contributed by atoms with Crippen LogP contribution in [0.2, 0.25) is 0 Å². The molecule has 10 atom stereocenters. The number of hydrogen-bond acceptors (Lipinski definition) is 10. The number of ether oxygens (including phenoxy) is 6. The molecule has 1 aromatic carbocycles. The molecule has 1 aromatic rings. The molecule has 13 heteroatoms. The Morgan fingerprint density at radius 2 is 1.83 bits per heavy atom. The first-order valence-corrected chi connectivity index (χ1v) is 11.8. The normalized spacial score (nSPS) is 39.4. The molecule has 13 nitrogen and oxygen atoms in total. The summed E-state index contributed by atoms with van der Waals surface area (Å²) in [5.74, 6) is -0.376. The number of hydrogen-bond donors (Lipinski definition) is 4. The summed E-state index contributed by atoms with van der Waals surface area (Å²) >= 11 is 0. The molecule has 4 unspecified atom stereocenters. The molecule has 0 bridgehead atoms. The SMILES string of the molecule is CC1[C@H](O[C@H]2C(NC(=O)OCc3ccccc3)O[C@@H]3NC(=O)OC3[C@H]2O)OC2CNC(=O)O[C@@H]2[C@@H]1C. The number of aliphatic hydroxyl groups excluding tert-OH is 1. The molecule has 5 rings (SSSR count). The van der Waals surface area contributed by atoms with E-state index in [4.69, 9.17) is 28.4 Å². The first-order chi connectivity index (χ1) is 17.3. The number of fused-ring (bicyclic) bond motifs is 2. The van der Waals surface area contributed by atoms with E-state index in [0.717, 1.165) is 5.56 Å². The highest BCUT2D eigenvalue weighted by molar-refractivity contribution is 5.70. The van der Waals surface area contributed by atoms with E-state index in [1.165, 1.54) is 0 Å². The molecule has 4 aliphatic rings. The smallest absolute Gasteiger partial charge is 0.409 e. The minimum atomic E-state index is -1.35. The average Bonchev–Trinajstić information content (AvgIpc) is 3.24. The predicted molar refractivity (Wildman–Crippen MR) is 118 cm³/mol. The van der Waals surface area contributed by atoms with Crippen molar-refractivity contribution in [1.82, 2.24) is 16.0 Å². The molecule has 0 aromatic heterocycles. The Morgan fingerprint density at radius 1 is 1.08 bits per heavy atom. The standard InChI is InChI=1S/C23H29N3O10/c1-10-11(2)20(32-13-8-24-21(28)34-15(10)13)33-16-14(27)17-19(26-23(30)35-17)36-18(16)25-22(29)31-9-12-6-4-3-5-7-12/h3-7,10-11,13-20,27H,8-9H2,1-2H3,(H,24,28)(H,25,29)(H,26,30)/t10-,11?,13?,14+,15-,16-,17?,18?,19+,20+/m1/s1. The minimum absolute atomic E-state index is 0.0223. The quantitative estimate of drug-likeness (QED) is 0.414. The molecule has 4 heterocycles. The van der Waals surface area contributed by atoms with Crippen LogP contribution < -0.4 is 16.0 Å². The molecule has 3 amide bonds. The number of amides is 3. The highest BCUT2D eigenvalue weighted by Gasteiger charge is 2.55. The zero-order valence-electron chi connectivity index (χ0n) is 19.7. The second-order valence-corrected chi connectivity index (χ2v) is 9.30. The average molecular weight is 507 g/mol. The number of rotatable bonds is 5. The number of alkyl carbamates (subject to hydrolysis) is 3. The summed E-state index contributed by atoms with van der Waals surface area (Å²) in [5.41, 5.74) is 0.788. The van der Waals surface area contributed by atoms with Crippen LogP contribution >= 0.6 is 0 Å². The fraction of sp³-hybridized carbons (Fsp3) is 0.609. The van der Waals surface area contributed by atoms with Gasteiger partial charge in [0.25, 0.3) is 0 Å². The zero-order valence-corrected chi connectivity index (χ0v) is 19.7. The van der Waals surface area contributed by atoms with Crippen molar-refractivity contribution in [1.29, 1.82) is 0 Å². The van der Waals surface area contributed by atoms with Gasteiger partial charge in [-0.05, 0) is 5.56 Å². The van der Waals surface area contributed by atoms with Gasteiger partial charge in [0.15, 0.2) is 24.8 Å². The Labute approximate surface area is 206 Å². The number of aliphatic hydroxyl groups is 1. The van der Waals surface area contributed by atoms with Gasteiger partial charge in [-0.3, -0.25) is 10.6 Å². The maximum Gasteiger partial charge on any atom is 0.409 e. The van der Waals surface area contributed by atoms with Crippen molar-refractivity contribution in [3.05, 3.63) is 35.9 Å². The van der Waals surface area contributed by atoms with Gasteiger partial charge in [-0.2, -0.15) is 0 Å². The summed E-state index contributed by atoms with van der Waals surface area (Å²) in [5, 5.41) is 18.7. The molecule has 0 spiro atoms. The molecule has 0 radical (unpaired) electrons. The first kappa shape index (κ1) is 24.6. The Hall–Kier alpha value is -3.13. The van der Waals surface area contributed by atoms with E-state index >= 15 is 0 Å². The number of carbonyl (C=O) groups is 3. The van der Waals surface area contributed by atoms with Crippen LogP contribution in [0.5, 0.6) is 0 Å². The third kappa shape index (κ3) is 4.91. The van der Waals surface area contributed by atoms with Crippen LogP contribution in [-0.2, 0) is 35.0 Å². The molecule has 4 saturated heterocycles. The highest BCUT2D eigenvalue weighted by atomic mass is 16.7. The maximum atomic E-state index is 12.6. The Bertz CT molecular complexity index is 978. The van der Waals surface area contributed by atoms with Crippen molar-refractivity contribution >= 4 is 18.3 Å². The van der Waals surface area contributed by atoms with Gasteiger partial charge >= 0.3 is 18.3 Å². The van der Waals surface area contributed by atoms with Gasteiger partial charge < -0.3 is 38.8 Å². The van der Waals surface area contributed by atoms with Crippen LogP contribution in [0, 0.1) is 11.8 Å². The van der Waals surface area contributed by atoms with E-state index in [9.17, 15) is 19.5 Å². The molecule has 4 N–H and O–H groups in total. The van der Waals surface area contributed by atoms with Crippen molar-refractivity contribution in [3.8, 4) is 0 Å². The Balaban J connectivity index is 1.29. The minimum Gasteiger partial charge on any atom is -0.445 e. The Morgan fingerprint density at radius 3 is 2.61 bits per heavy atom. The van der Waals surface area contributed by atoms with E-state index in [-0.39, 0.29) is 25.0 Å². The fourth-order valence-electron chi connectivity index (χ4n) is 4.80. The summed E-state index contributed by atoms with van der Waals surface area (Å²) in [6.07, 6.45) is -9.60. The lowest BCUT2D eigenvalue weighted by molar-refractivity contribution is -0.319. The fourth-order valence-corrected chi connectivity index (χ4v) is 4.80. The molecule has 0 aliphatic carbocycles. The molecular formula is C23H29N3O10. The van der Waals surface area contributed by atoms with E-state index in [1.807, 2.05) is 44.2 Å². The highest BCUT2D eigenvalue weighted by Crippen LogP contribution is 2.37. The van der Waals surface area contributed by atoms with E-state index < -0.39 is 67.5 Å². The second kappa shape index (κ2) is 10.1. The van der Waals surface area contributed by atoms with Crippen LogP contribution in [0.1, 0.15) is 19.4 Å². The third-order valence-corrected chi connectivity index (χ3v) is 6.97. The van der Waals surface area contributed by atoms with E-state index in [2.05, 4.69) is 16.0 Å². The van der Waals surface area contributed by atoms with E-state index in [1.54, 1.807) is 0 Å². The molecule has 36 heavy (non-hydrogen) atoms. The van der Waals surface area contributed by atoms with Crippen LogP contribution in [0.25, 0.3) is 0 Å². The summed E-state index contributed by atoms with van der Waals surface area (Å²) in [6, 6.07) is 9.11. The van der Waals surface area contributed by atoms with Crippen LogP contribution in [0.15, 0.2) is 30.3 Å². The monoisotopic (exact) mass is 507 g/mol. The second-order valence-electron chi connectivity index (χ2n) is 9.30. The summed E-state index contributed by atoms with van der Waals surface area (Å²) < 4.78 is 33.9. The molecule has 4 aliphatic heterocycles. The molecular weight excluding hydrogens is 478 g/mol. The van der Waals surface area contributed by atoms with Gasteiger partial charge in [0, 0.05) is 11.8 Å². The van der Waals surface area contributed by atoms with Gasteiger partial charge in [-0.25, -0.2) is 14.4 Å². The summed E-state index contributed by atoms with van der Waals surface area (Å²) in [6.45, 7) is 4.05. The number of carbonyl (C=O) groups excluding carboxylic acids is 3. The largest absolute Gasteiger partial charge is 0.445 e. The number of nitrogens with one attached hydrogen (secondary N) is 3. The lowest BCUT2D eigenvalue weighted by Crippen LogP contribution is -2.66. The lowest BCUT2D eigenvalue weighted by Gasteiger charge is -2.48. The van der Waals surface area contributed by atoms with Crippen molar-refractivity contribution < 1.29 is 47.9 Å². The van der Waals surface area contributed by atoms with Crippen molar-refractivity contribution in [2.24, 2.45) is 11.8 Å². The van der Waals surface area contributed by atoms with Crippen LogP contribution in [0.3, 0.4) is 0 Å². The van der Waals surface area contributed by atoms with Crippen molar-refractivity contribution in [2.75, 3.05) is 6.54 Å². The summed E-state index contributed by atoms with van der Waals surface area (Å²) in [4.78, 5) is 36.0. The van der Waals surface area contributed by atoms with Gasteiger partial charge in [0.1, 0.15) is 31.0 Å². The predicted octanol–water partition coefficient (Wildman–Crippen LogP) is 0.555. The topological polar surface area (TPSA) is 163 Å². The number of benzene rings is 1. The van der Waals surface area contributed by atoms with Gasteiger partial charge in [0.05, 0.1) is 6.54 Å². The molecule has 4 fully saturated rings. The van der Waals surface area contributed by atoms with Gasteiger partial charge in [0.2, 0.25) is 0 Å². The molecule has 196 valence electrons.